The van der Waals surface area contributed by atoms with Crippen LogP contribution in [0.5, 0.6) is 5.75 Å². The minimum atomic E-state index is -0.477. The van der Waals surface area contributed by atoms with Crippen LogP contribution in [0.1, 0.15) is 29.0 Å². The fraction of sp³-hybridized carbons (Fsp3) is 0.192. The summed E-state index contributed by atoms with van der Waals surface area (Å²) in [5.41, 5.74) is 5.31. The van der Waals surface area contributed by atoms with E-state index in [1.54, 1.807) is 18.2 Å². The molecular formula is C26H24N2O5. The Labute approximate surface area is 191 Å². The van der Waals surface area contributed by atoms with Crippen LogP contribution in [0.4, 0.5) is 10.5 Å². The van der Waals surface area contributed by atoms with E-state index >= 15 is 0 Å². The van der Waals surface area contributed by atoms with Gasteiger partial charge in [0.1, 0.15) is 6.61 Å². The number of nitro groups is 1. The maximum Gasteiger partial charge on any atom is 0.407 e. The molecule has 33 heavy (non-hydrogen) atoms. The number of methoxy groups -OCH3 is 1. The van der Waals surface area contributed by atoms with Crippen molar-refractivity contribution in [1.82, 2.24) is 5.32 Å². The van der Waals surface area contributed by atoms with Crippen molar-refractivity contribution in [3.05, 3.63) is 99.6 Å². The predicted molar refractivity (Wildman–Crippen MR) is 126 cm³/mol. The molecule has 0 spiro atoms. The fourth-order valence-electron chi connectivity index (χ4n) is 4.08. The van der Waals surface area contributed by atoms with Crippen molar-refractivity contribution in [2.24, 2.45) is 0 Å². The summed E-state index contributed by atoms with van der Waals surface area (Å²) in [4.78, 5) is 22.8. The first-order valence-corrected chi connectivity index (χ1v) is 10.7. The standard InChI is InChI=1S/C26H24N2O5/c1-32-25-14-13-18(16-24(25)28(30)31)8-6-7-15-27-26(29)33-17-23-21-11-4-2-9-19(21)20-10-3-5-12-22(20)23/h2-6,8-14,16,23H,7,15,17H2,1H3,(H,27,29). The lowest BCUT2D eigenvalue weighted by molar-refractivity contribution is -0.385. The number of carbonyl (C=O) groups is 1. The average Bonchev–Trinajstić information content (AvgIpc) is 3.16. The highest BCUT2D eigenvalue weighted by Gasteiger charge is 2.28. The number of hydrogen-bond donors (Lipinski definition) is 1. The summed E-state index contributed by atoms with van der Waals surface area (Å²) in [6.07, 6.45) is 3.70. The highest BCUT2D eigenvalue weighted by molar-refractivity contribution is 5.79. The topological polar surface area (TPSA) is 90.7 Å². The van der Waals surface area contributed by atoms with Crippen LogP contribution in [0, 0.1) is 10.1 Å². The van der Waals surface area contributed by atoms with Gasteiger partial charge in [-0.05, 0) is 40.3 Å². The van der Waals surface area contributed by atoms with E-state index in [-0.39, 0.29) is 24.0 Å². The van der Waals surface area contributed by atoms with Crippen LogP contribution in [0.3, 0.4) is 0 Å². The van der Waals surface area contributed by atoms with Gasteiger partial charge in [-0.15, -0.1) is 0 Å². The van der Waals surface area contributed by atoms with Gasteiger partial charge in [-0.3, -0.25) is 10.1 Å². The Bertz CT molecular complexity index is 1160. The number of alkyl carbamates (subject to hydrolysis) is 1. The van der Waals surface area contributed by atoms with Gasteiger partial charge in [-0.1, -0.05) is 66.7 Å². The van der Waals surface area contributed by atoms with Crippen molar-refractivity contribution < 1.29 is 19.2 Å². The zero-order chi connectivity index (χ0) is 23.2. The highest BCUT2D eigenvalue weighted by atomic mass is 16.6. The zero-order valence-electron chi connectivity index (χ0n) is 18.2. The molecule has 168 valence electrons. The number of benzene rings is 3. The lowest BCUT2D eigenvalue weighted by Crippen LogP contribution is -2.26. The summed E-state index contributed by atoms with van der Waals surface area (Å²) in [6.45, 7) is 0.663. The second kappa shape index (κ2) is 9.99. The van der Waals surface area contributed by atoms with E-state index in [0.717, 1.165) is 0 Å². The van der Waals surface area contributed by atoms with E-state index in [1.807, 2.05) is 30.3 Å². The van der Waals surface area contributed by atoms with Crippen LogP contribution in [0.2, 0.25) is 0 Å². The van der Waals surface area contributed by atoms with Gasteiger partial charge in [-0.2, -0.15) is 0 Å². The Hall–Kier alpha value is -4.13. The maximum absolute atomic E-state index is 12.2. The van der Waals surface area contributed by atoms with Gasteiger partial charge >= 0.3 is 11.8 Å². The highest BCUT2D eigenvalue weighted by Crippen LogP contribution is 2.44. The molecule has 7 heteroatoms. The third-order valence-corrected chi connectivity index (χ3v) is 5.63. The van der Waals surface area contributed by atoms with Crippen molar-refractivity contribution >= 4 is 17.9 Å². The predicted octanol–water partition coefficient (Wildman–Crippen LogP) is 5.55. The van der Waals surface area contributed by atoms with Crippen LogP contribution < -0.4 is 10.1 Å². The molecule has 1 amide bonds. The third kappa shape index (κ3) is 4.87. The van der Waals surface area contributed by atoms with Crippen LogP contribution >= 0.6 is 0 Å². The number of nitrogens with one attached hydrogen (secondary N) is 1. The number of hydrogen-bond acceptors (Lipinski definition) is 5. The van der Waals surface area contributed by atoms with Gasteiger partial charge in [0.15, 0.2) is 5.75 Å². The summed E-state index contributed by atoms with van der Waals surface area (Å²) in [5, 5.41) is 13.9. The van der Waals surface area contributed by atoms with E-state index in [1.165, 1.54) is 35.4 Å². The average molecular weight is 444 g/mol. The van der Waals surface area contributed by atoms with E-state index < -0.39 is 11.0 Å². The van der Waals surface area contributed by atoms with E-state index in [2.05, 4.69) is 29.6 Å². The van der Waals surface area contributed by atoms with Gasteiger partial charge in [0.05, 0.1) is 12.0 Å². The number of amides is 1. The van der Waals surface area contributed by atoms with E-state index in [4.69, 9.17) is 9.47 Å². The fourth-order valence-corrected chi connectivity index (χ4v) is 4.08. The number of fused-ring (bicyclic) bond motifs is 3. The smallest absolute Gasteiger partial charge is 0.407 e. The minimum absolute atomic E-state index is 0.0221. The van der Waals surface area contributed by atoms with Crippen LogP contribution in [-0.4, -0.2) is 31.3 Å². The molecule has 0 aliphatic heterocycles. The van der Waals surface area contributed by atoms with Crippen molar-refractivity contribution in [1.29, 1.82) is 0 Å². The number of nitro benzene ring substituents is 1. The minimum Gasteiger partial charge on any atom is -0.490 e. The molecule has 0 fully saturated rings. The lowest BCUT2D eigenvalue weighted by atomic mass is 9.98. The van der Waals surface area contributed by atoms with Gasteiger partial charge < -0.3 is 14.8 Å². The van der Waals surface area contributed by atoms with E-state index in [9.17, 15) is 14.9 Å². The first-order valence-electron chi connectivity index (χ1n) is 10.7. The van der Waals surface area contributed by atoms with Crippen LogP contribution in [0.15, 0.2) is 72.8 Å². The molecule has 0 saturated heterocycles. The quantitative estimate of drug-likeness (QED) is 0.280. The van der Waals surface area contributed by atoms with E-state index in [0.29, 0.717) is 18.5 Å². The lowest BCUT2D eigenvalue weighted by Gasteiger charge is -2.14. The molecule has 3 aromatic rings. The number of carbonyl (C=O) groups excluding carboxylic acids is 1. The molecular weight excluding hydrogens is 420 g/mol. The molecule has 0 unspecified atom stereocenters. The normalized spacial score (nSPS) is 12.3. The first-order chi connectivity index (χ1) is 16.1. The number of nitrogens with zero attached hydrogens (tertiary/aromatic N) is 1. The molecule has 0 radical (unpaired) electrons. The Balaban J connectivity index is 1.27. The first kappa shape index (κ1) is 22.1. The maximum atomic E-state index is 12.2. The summed E-state index contributed by atoms with van der Waals surface area (Å²) in [7, 11) is 1.40. The number of ether oxygens (including phenoxy) is 2. The summed E-state index contributed by atoms with van der Waals surface area (Å²) in [5.74, 6) is 0.239. The largest absolute Gasteiger partial charge is 0.490 e. The van der Waals surface area contributed by atoms with Gasteiger partial charge in [0.2, 0.25) is 0 Å². The second-order valence-corrected chi connectivity index (χ2v) is 7.63. The summed E-state index contributed by atoms with van der Waals surface area (Å²) >= 11 is 0. The Kier molecular flexibility index (Phi) is 6.69. The molecule has 0 heterocycles. The molecule has 3 aromatic carbocycles. The second-order valence-electron chi connectivity index (χ2n) is 7.63. The van der Waals surface area contributed by atoms with Crippen LogP contribution in [0.25, 0.3) is 17.2 Å². The van der Waals surface area contributed by atoms with Crippen LogP contribution in [-0.2, 0) is 4.74 Å². The molecule has 1 N–H and O–H groups in total. The van der Waals surface area contributed by atoms with Crippen molar-refractivity contribution in [2.45, 2.75) is 12.3 Å². The molecule has 0 aromatic heterocycles. The van der Waals surface area contributed by atoms with Crippen molar-refractivity contribution in [3.8, 4) is 16.9 Å². The van der Waals surface area contributed by atoms with Crippen molar-refractivity contribution in [2.75, 3.05) is 20.3 Å². The Morgan fingerprint density at radius 1 is 1.06 bits per heavy atom. The molecule has 4 rings (SSSR count). The molecule has 0 atom stereocenters. The summed E-state index contributed by atoms with van der Waals surface area (Å²) in [6, 6.07) is 21.1. The molecule has 1 aliphatic carbocycles. The zero-order valence-corrected chi connectivity index (χ0v) is 18.2. The summed E-state index contributed by atoms with van der Waals surface area (Å²) < 4.78 is 10.5. The van der Waals surface area contributed by atoms with Gasteiger partial charge in [0, 0.05) is 18.5 Å². The van der Waals surface area contributed by atoms with Gasteiger partial charge in [-0.25, -0.2) is 4.79 Å². The molecule has 0 saturated carbocycles. The van der Waals surface area contributed by atoms with Gasteiger partial charge in [0.25, 0.3) is 0 Å². The third-order valence-electron chi connectivity index (χ3n) is 5.63. The van der Waals surface area contributed by atoms with Crippen molar-refractivity contribution in [3.63, 3.8) is 0 Å². The molecule has 0 bridgehead atoms. The SMILES string of the molecule is COc1ccc(C=CCCNC(=O)OCC2c3ccccc3-c3ccccc32)cc1[N+](=O)[O-]. The monoisotopic (exact) mass is 444 g/mol. The molecule has 1 aliphatic rings. The Morgan fingerprint density at radius 3 is 2.36 bits per heavy atom. The Morgan fingerprint density at radius 2 is 1.73 bits per heavy atom. The molecule has 7 nitrogen and oxygen atoms in total. The number of rotatable bonds is 8.